The van der Waals surface area contributed by atoms with Gasteiger partial charge in [0.2, 0.25) is 5.91 Å². The molecular formula is C10H12ClNO2S. The number of hydrogen-bond donors (Lipinski definition) is 1. The molecule has 82 valence electrons. The van der Waals surface area contributed by atoms with E-state index < -0.39 is 0 Å². The fourth-order valence-corrected chi connectivity index (χ4v) is 1.59. The van der Waals surface area contributed by atoms with Crippen molar-refractivity contribution in [3.63, 3.8) is 0 Å². The Kier molecular flexibility index (Phi) is 5.36. The van der Waals surface area contributed by atoms with Crippen molar-refractivity contribution in [1.29, 1.82) is 0 Å². The second kappa shape index (κ2) is 6.58. The van der Waals surface area contributed by atoms with Gasteiger partial charge in [-0.25, -0.2) is 0 Å². The quantitative estimate of drug-likeness (QED) is 0.780. The molecule has 1 aromatic carbocycles. The minimum Gasteiger partial charge on any atom is -0.493 e. The first-order valence-electron chi connectivity index (χ1n) is 4.43. The van der Waals surface area contributed by atoms with Crippen molar-refractivity contribution in [3.05, 3.63) is 29.3 Å². The van der Waals surface area contributed by atoms with Crippen molar-refractivity contribution in [2.75, 3.05) is 18.1 Å². The van der Waals surface area contributed by atoms with Crippen molar-refractivity contribution in [3.8, 4) is 5.75 Å². The van der Waals surface area contributed by atoms with Crippen LogP contribution in [0.5, 0.6) is 5.75 Å². The fourth-order valence-electron chi connectivity index (χ4n) is 0.922. The predicted molar refractivity (Wildman–Crippen MR) is 63.5 cm³/mol. The lowest BCUT2D eigenvalue weighted by molar-refractivity contribution is -0.115. The van der Waals surface area contributed by atoms with Gasteiger partial charge in [0.1, 0.15) is 5.75 Å². The van der Waals surface area contributed by atoms with Gasteiger partial charge in [0.25, 0.3) is 0 Å². The lowest BCUT2D eigenvalue weighted by Crippen LogP contribution is -2.14. The van der Waals surface area contributed by atoms with Gasteiger partial charge in [0, 0.05) is 10.8 Å². The van der Waals surface area contributed by atoms with Gasteiger partial charge in [0.15, 0.2) is 0 Å². The Labute approximate surface area is 97.9 Å². The van der Waals surface area contributed by atoms with Crippen molar-refractivity contribution in [2.45, 2.75) is 0 Å². The lowest BCUT2D eigenvalue weighted by atomic mass is 10.3. The maximum atomic E-state index is 10.4. The van der Waals surface area contributed by atoms with Crippen LogP contribution in [-0.4, -0.2) is 24.0 Å². The summed E-state index contributed by atoms with van der Waals surface area (Å²) in [6.45, 7) is 0.555. The molecule has 0 fully saturated rings. The summed E-state index contributed by atoms with van der Waals surface area (Å²) >= 11 is 7.18. The van der Waals surface area contributed by atoms with Crippen LogP contribution in [0.2, 0.25) is 5.02 Å². The number of amides is 1. The number of benzene rings is 1. The highest BCUT2D eigenvalue weighted by Crippen LogP contribution is 2.15. The van der Waals surface area contributed by atoms with E-state index in [0.29, 0.717) is 17.4 Å². The molecule has 0 saturated heterocycles. The zero-order chi connectivity index (χ0) is 11.1. The standard InChI is InChI=1S/C10H12ClNO2S/c11-8-1-3-9(4-2-8)14-5-6-15-7-10(12)13/h1-4H,5-7H2,(H2,12,13). The van der Waals surface area contributed by atoms with E-state index in [2.05, 4.69) is 0 Å². The summed E-state index contributed by atoms with van der Waals surface area (Å²) in [6, 6.07) is 7.16. The van der Waals surface area contributed by atoms with Crippen LogP contribution in [0.4, 0.5) is 0 Å². The van der Waals surface area contributed by atoms with Gasteiger partial charge in [-0.3, -0.25) is 4.79 Å². The first-order valence-corrected chi connectivity index (χ1v) is 5.96. The number of carbonyl (C=O) groups is 1. The van der Waals surface area contributed by atoms with Gasteiger partial charge in [-0.05, 0) is 24.3 Å². The molecule has 0 bridgehead atoms. The van der Waals surface area contributed by atoms with E-state index in [-0.39, 0.29) is 5.91 Å². The van der Waals surface area contributed by atoms with Gasteiger partial charge in [-0.15, -0.1) is 11.8 Å². The zero-order valence-electron chi connectivity index (χ0n) is 8.11. The zero-order valence-corrected chi connectivity index (χ0v) is 9.68. The molecule has 0 aromatic heterocycles. The molecule has 0 unspecified atom stereocenters. The van der Waals surface area contributed by atoms with Gasteiger partial charge in [0.05, 0.1) is 12.4 Å². The van der Waals surface area contributed by atoms with Gasteiger partial charge in [-0.1, -0.05) is 11.6 Å². The number of carbonyl (C=O) groups excluding carboxylic acids is 1. The molecule has 1 rings (SSSR count). The molecule has 2 N–H and O–H groups in total. The second-order valence-corrected chi connectivity index (χ2v) is 4.36. The van der Waals surface area contributed by atoms with Crippen LogP contribution in [0, 0.1) is 0 Å². The van der Waals surface area contributed by atoms with Crippen molar-refractivity contribution >= 4 is 29.3 Å². The number of primary amides is 1. The molecule has 1 amide bonds. The summed E-state index contributed by atoms with van der Waals surface area (Å²) in [4.78, 5) is 10.4. The number of ether oxygens (including phenoxy) is 1. The van der Waals surface area contributed by atoms with E-state index in [9.17, 15) is 4.79 Å². The van der Waals surface area contributed by atoms with Crippen molar-refractivity contribution < 1.29 is 9.53 Å². The Balaban J connectivity index is 2.15. The first-order chi connectivity index (χ1) is 7.18. The molecule has 0 heterocycles. The second-order valence-electron chi connectivity index (χ2n) is 2.82. The Bertz CT molecular complexity index is 316. The predicted octanol–water partition coefficient (Wildman–Crippen LogP) is 1.94. The van der Waals surface area contributed by atoms with E-state index in [1.807, 2.05) is 0 Å². The highest BCUT2D eigenvalue weighted by Gasteiger charge is 1.96. The fraction of sp³-hybridized carbons (Fsp3) is 0.300. The average Bonchev–Trinajstić information content (AvgIpc) is 2.20. The Hall–Kier alpha value is -0.870. The normalized spacial score (nSPS) is 9.93. The van der Waals surface area contributed by atoms with Crippen LogP contribution >= 0.6 is 23.4 Å². The van der Waals surface area contributed by atoms with E-state index in [4.69, 9.17) is 22.1 Å². The summed E-state index contributed by atoms with van der Waals surface area (Å²) in [6.07, 6.45) is 0. The van der Waals surface area contributed by atoms with Crippen molar-refractivity contribution in [2.24, 2.45) is 5.73 Å². The minimum atomic E-state index is -0.300. The number of rotatable bonds is 6. The summed E-state index contributed by atoms with van der Waals surface area (Å²) in [5.41, 5.74) is 4.99. The molecule has 0 spiro atoms. The molecule has 0 radical (unpaired) electrons. The van der Waals surface area contributed by atoms with Crippen LogP contribution in [-0.2, 0) is 4.79 Å². The highest BCUT2D eigenvalue weighted by atomic mass is 35.5. The monoisotopic (exact) mass is 245 g/mol. The lowest BCUT2D eigenvalue weighted by Gasteiger charge is -2.05. The molecular weight excluding hydrogens is 234 g/mol. The van der Waals surface area contributed by atoms with Crippen LogP contribution in [0.3, 0.4) is 0 Å². The summed E-state index contributed by atoms with van der Waals surface area (Å²) in [5, 5.41) is 0.686. The van der Waals surface area contributed by atoms with Gasteiger partial charge >= 0.3 is 0 Å². The largest absolute Gasteiger partial charge is 0.493 e. The molecule has 0 saturated carbocycles. The van der Waals surface area contributed by atoms with Crippen LogP contribution in [0.15, 0.2) is 24.3 Å². The van der Waals surface area contributed by atoms with Crippen LogP contribution in [0.25, 0.3) is 0 Å². The third kappa shape index (κ3) is 5.54. The van der Waals surface area contributed by atoms with Crippen molar-refractivity contribution in [1.82, 2.24) is 0 Å². The maximum absolute atomic E-state index is 10.4. The molecule has 5 heteroatoms. The van der Waals surface area contributed by atoms with Crippen LogP contribution < -0.4 is 10.5 Å². The van der Waals surface area contributed by atoms with E-state index in [1.165, 1.54) is 11.8 Å². The minimum absolute atomic E-state index is 0.300. The molecule has 0 aliphatic rings. The average molecular weight is 246 g/mol. The summed E-state index contributed by atoms with van der Waals surface area (Å²) in [7, 11) is 0. The molecule has 0 aliphatic carbocycles. The topological polar surface area (TPSA) is 52.3 Å². The number of nitrogens with two attached hydrogens (primary N) is 1. The van der Waals surface area contributed by atoms with Gasteiger partial charge < -0.3 is 10.5 Å². The number of halogens is 1. The Morgan fingerprint density at radius 3 is 2.67 bits per heavy atom. The summed E-state index contributed by atoms with van der Waals surface area (Å²) < 4.78 is 5.41. The third-order valence-corrected chi connectivity index (χ3v) is 2.75. The SMILES string of the molecule is NC(=O)CSCCOc1ccc(Cl)cc1. The molecule has 1 aromatic rings. The van der Waals surface area contributed by atoms with E-state index in [0.717, 1.165) is 11.5 Å². The maximum Gasteiger partial charge on any atom is 0.227 e. The molecule has 0 aliphatic heterocycles. The van der Waals surface area contributed by atoms with E-state index >= 15 is 0 Å². The Morgan fingerprint density at radius 1 is 1.40 bits per heavy atom. The highest BCUT2D eigenvalue weighted by molar-refractivity contribution is 7.99. The first kappa shape index (κ1) is 12.2. The molecule has 3 nitrogen and oxygen atoms in total. The van der Waals surface area contributed by atoms with Crippen LogP contribution in [0.1, 0.15) is 0 Å². The molecule has 15 heavy (non-hydrogen) atoms. The number of thioether (sulfide) groups is 1. The number of hydrogen-bond acceptors (Lipinski definition) is 3. The third-order valence-electron chi connectivity index (χ3n) is 1.55. The van der Waals surface area contributed by atoms with Gasteiger partial charge in [-0.2, -0.15) is 0 Å². The van der Waals surface area contributed by atoms with E-state index in [1.54, 1.807) is 24.3 Å². The molecule has 0 atom stereocenters. The Morgan fingerprint density at radius 2 is 2.07 bits per heavy atom. The summed E-state index contributed by atoms with van der Waals surface area (Å²) in [5.74, 6) is 1.56. The smallest absolute Gasteiger partial charge is 0.227 e.